The lowest BCUT2D eigenvalue weighted by atomic mass is 10.2. The highest BCUT2D eigenvalue weighted by Crippen LogP contribution is 2.13. The molecule has 0 radical (unpaired) electrons. The van der Waals surface area contributed by atoms with Crippen LogP contribution >= 0.6 is 0 Å². The molecule has 0 aromatic carbocycles. The van der Waals surface area contributed by atoms with Crippen molar-refractivity contribution in [2.45, 2.75) is 25.7 Å². The second-order valence-corrected chi connectivity index (χ2v) is 4.44. The van der Waals surface area contributed by atoms with E-state index in [0.717, 1.165) is 25.9 Å². The Morgan fingerprint density at radius 1 is 1.11 bits per heavy atom. The van der Waals surface area contributed by atoms with Gasteiger partial charge in [-0.2, -0.15) is 0 Å². The zero-order valence-electron chi connectivity index (χ0n) is 10.1. The number of carbonyl (C=O) groups excluding carboxylic acids is 1. The van der Waals surface area contributed by atoms with Gasteiger partial charge in [0.05, 0.1) is 5.56 Å². The van der Waals surface area contributed by atoms with E-state index in [1.54, 1.807) is 0 Å². The van der Waals surface area contributed by atoms with Crippen LogP contribution in [0.3, 0.4) is 0 Å². The van der Waals surface area contributed by atoms with Gasteiger partial charge >= 0.3 is 5.97 Å². The van der Waals surface area contributed by atoms with Gasteiger partial charge in [0.1, 0.15) is 5.69 Å². The number of amides is 1. The number of carboxylic acid groups (broad SMARTS) is 1. The largest absolute Gasteiger partial charge is 0.477 e. The summed E-state index contributed by atoms with van der Waals surface area (Å²) in [6.45, 7) is 1.55. The van der Waals surface area contributed by atoms with Crippen molar-refractivity contribution >= 4 is 11.9 Å². The fourth-order valence-electron chi connectivity index (χ4n) is 2.10. The summed E-state index contributed by atoms with van der Waals surface area (Å²) < 4.78 is 0. The lowest BCUT2D eigenvalue weighted by Crippen LogP contribution is -2.31. The Bertz CT molecular complexity index is 434. The van der Waals surface area contributed by atoms with Crippen LogP contribution < -0.4 is 0 Å². The topological polar surface area (TPSA) is 70.5 Å². The Kier molecular flexibility index (Phi) is 3.92. The standard InChI is InChI=1S/C13H16N2O3/c16-12(15-7-3-1-2-4-8-15)10-5-6-11(13(17)18)14-9-10/h5-6,9H,1-4,7-8H2,(H,17,18). The first kappa shape index (κ1) is 12.5. The second kappa shape index (κ2) is 5.62. The van der Waals surface area contributed by atoms with E-state index in [2.05, 4.69) is 4.98 Å². The van der Waals surface area contributed by atoms with Crippen molar-refractivity contribution in [1.82, 2.24) is 9.88 Å². The number of pyridine rings is 1. The molecule has 1 aliphatic rings. The normalized spacial score (nSPS) is 16.1. The molecule has 1 N–H and O–H groups in total. The van der Waals surface area contributed by atoms with Gasteiger partial charge in [-0.25, -0.2) is 9.78 Å². The number of aromatic carboxylic acids is 1. The summed E-state index contributed by atoms with van der Waals surface area (Å²) in [5.41, 5.74) is 0.421. The molecular formula is C13H16N2O3. The first-order valence-corrected chi connectivity index (χ1v) is 6.17. The molecule has 5 nitrogen and oxygen atoms in total. The summed E-state index contributed by atoms with van der Waals surface area (Å²) in [5, 5.41) is 8.74. The monoisotopic (exact) mass is 248 g/mol. The fourth-order valence-corrected chi connectivity index (χ4v) is 2.10. The van der Waals surface area contributed by atoms with Crippen molar-refractivity contribution in [3.63, 3.8) is 0 Å². The summed E-state index contributed by atoms with van der Waals surface area (Å²) in [5.74, 6) is -1.13. The van der Waals surface area contributed by atoms with E-state index in [1.165, 1.54) is 31.2 Å². The number of rotatable bonds is 2. The number of nitrogens with zero attached hydrogens (tertiary/aromatic N) is 2. The average molecular weight is 248 g/mol. The van der Waals surface area contributed by atoms with Crippen molar-refractivity contribution in [3.05, 3.63) is 29.6 Å². The quantitative estimate of drug-likeness (QED) is 0.866. The van der Waals surface area contributed by atoms with Crippen molar-refractivity contribution in [2.24, 2.45) is 0 Å². The molecule has 1 saturated heterocycles. The molecule has 18 heavy (non-hydrogen) atoms. The summed E-state index contributed by atoms with van der Waals surface area (Å²) in [6, 6.07) is 2.90. The van der Waals surface area contributed by atoms with Crippen molar-refractivity contribution in [2.75, 3.05) is 13.1 Å². The molecule has 0 spiro atoms. The molecule has 1 aromatic rings. The minimum Gasteiger partial charge on any atom is -0.477 e. The van der Waals surface area contributed by atoms with E-state index in [0.29, 0.717) is 5.56 Å². The summed E-state index contributed by atoms with van der Waals surface area (Å²) in [7, 11) is 0. The molecule has 2 rings (SSSR count). The van der Waals surface area contributed by atoms with Crippen molar-refractivity contribution < 1.29 is 14.7 Å². The molecule has 96 valence electrons. The zero-order valence-corrected chi connectivity index (χ0v) is 10.1. The van der Waals surface area contributed by atoms with Crippen LogP contribution in [0.15, 0.2) is 18.3 Å². The van der Waals surface area contributed by atoms with Gasteiger partial charge in [0.15, 0.2) is 0 Å². The maximum Gasteiger partial charge on any atom is 0.354 e. The van der Waals surface area contributed by atoms with Crippen LogP contribution in [-0.4, -0.2) is 40.0 Å². The molecule has 0 bridgehead atoms. The van der Waals surface area contributed by atoms with Crippen molar-refractivity contribution in [1.29, 1.82) is 0 Å². The van der Waals surface area contributed by atoms with Gasteiger partial charge in [0.2, 0.25) is 0 Å². The van der Waals surface area contributed by atoms with Gasteiger partial charge in [-0.1, -0.05) is 12.8 Å². The minimum absolute atomic E-state index is 0.0394. The van der Waals surface area contributed by atoms with E-state index in [-0.39, 0.29) is 11.6 Å². The number of carboxylic acids is 1. The van der Waals surface area contributed by atoms with E-state index in [4.69, 9.17) is 5.11 Å². The third-order valence-electron chi connectivity index (χ3n) is 3.12. The Morgan fingerprint density at radius 2 is 1.78 bits per heavy atom. The Morgan fingerprint density at radius 3 is 2.28 bits per heavy atom. The third kappa shape index (κ3) is 2.85. The summed E-state index contributed by atoms with van der Waals surface area (Å²) in [4.78, 5) is 28.4. The Labute approximate surface area is 105 Å². The third-order valence-corrected chi connectivity index (χ3v) is 3.12. The van der Waals surface area contributed by atoms with Gasteiger partial charge in [-0.15, -0.1) is 0 Å². The van der Waals surface area contributed by atoms with Crippen LogP contribution in [0.5, 0.6) is 0 Å². The van der Waals surface area contributed by atoms with Crippen LogP contribution in [0.1, 0.15) is 46.5 Å². The molecule has 5 heteroatoms. The predicted molar refractivity (Wildman–Crippen MR) is 65.6 cm³/mol. The molecule has 0 atom stereocenters. The van der Waals surface area contributed by atoms with Gasteiger partial charge in [-0.05, 0) is 25.0 Å². The molecule has 2 heterocycles. The number of carbonyl (C=O) groups is 2. The van der Waals surface area contributed by atoms with Crippen LogP contribution in [0, 0.1) is 0 Å². The van der Waals surface area contributed by atoms with E-state index in [9.17, 15) is 9.59 Å². The molecule has 1 fully saturated rings. The predicted octanol–water partition coefficient (Wildman–Crippen LogP) is 1.80. The van der Waals surface area contributed by atoms with Crippen LogP contribution in [0.4, 0.5) is 0 Å². The lowest BCUT2D eigenvalue weighted by molar-refractivity contribution is 0.0687. The second-order valence-electron chi connectivity index (χ2n) is 4.44. The molecule has 0 aliphatic carbocycles. The number of hydrogen-bond donors (Lipinski definition) is 1. The maximum absolute atomic E-state index is 12.2. The Hall–Kier alpha value is -1.91. The fraction of sp³-hybridized carbons (Fsp3) is 0.462. The van der Waals surface area contributed by atoms with Gasteiger partial charge in [0, 0.05) is 19.3 Å². The number of hydrogen-bond acceptors (Lipinski definition) is 3. The highest BCUT2D eigenvalue weighted by molar-refractivity contribution is 5.94. The maximum atomic E-state index is 12.2. The molecular weight excluding hydrogens is 232 g/mol. The van der Waals surface area contributed by atoms with Gasteiger partial charge < -0.3 is 10.0 Å². The minimum atomic E-state index is -1.08. The first-order chi connectivity index (χ1) is 8.68. The van der Waals surface area contributed by atoms with Gasteiger partial charge in [-0.3, -0.25) is 4.79 Å². The van der Waals surface area contributed by atoms with E-state index < -0.39 is 5.97 Å². The SMILES string of the molecule is O=C(O)c1ccc(C(=O)N2CCCCCC2)cn1. The molecule has 1 amide bonds. The Balaban J connectivity index is 2.10. The summed E-state index contributed by atoms with van der Waals surface area (Å²) in [6.07, 6.45) is 5.75. The van der Waals surface area contributed by atoms with Crippen LogP contribution in [0.2, 0.25) is 0 Å². The summed E-state index contributed by atoms with van der Waals surface area (Å²) >= 11 is 0. The van der Waals surface area contributed by atoms with E-state index >= 15 is 0 Å². The molecule has 1 aromatic heterocycles. The van der Waals surface area contributed by atoms with Gasteiger partial charge in [0.25, 0.3) is 5.91 Å². The molecule has 0 saturated carbocycles. The van der Waals surface area contributed by atoms with Crippen molar-refractivity contribution in [3.8, 4) is 0 Å². The zero-order chi connectivity index (χ0) is 13.0. The molecule has 0 unspecified atom stereocenters. The first-order valence-electron chi connectivity index (χ1n) is 6.17. The van der Waals surface area contributed by atoms with E-state index in [1.807, 2.05) is 4.90 Å². The van der Waals surface area contributed by atoms with Crippen LogP contribution in [0.25, 0.3) is 0 Å². The molecule has 1 aliphatic heterocycles. The number of likely N-dealkylation sites (tertiary alicyclic amines) is 1. The highest BCUT2D eigenvalue weighted by Gasteiger charge is 2.17. The highest BCUT2D eigenvalue weighted by atomic mass is 16.4. The van der Waals surface area contributed by atoms with Crippen LogP contribution in [-0.2, 0) is 0 Å². The smallest absolute Gasteiger partial charge is 0.354 e. The number of aromatic nitrogens is 1. The lowest BCUT2D eigenvalue weighted by Gasteiger charge is -2.20. The average Bonchev–Trinajstić information content (AvgIpc) is 2.67.